The lowest BCUT2D eigenvalue weighted by molar-refractivity contribution is -0.139. The van der Waals surface area contributed by atoms with E-state index in [1.807, 2.05) is 13.8 Å². The zero-order valence-corrected chi connectivity index (χ0v) is 12.4. The van der Waals surface area contributed by atoms with E-state index in [-0.39, 0.29) is 5.92 Å². The molecule has 0 unspecified atom stereocenters. The Balaban J connectivity index is 2.81. The molecule has 1 aromatic carbocycles. The van der Waals surface area contributed by atoms with Crippen molar-refractivity contribution in [1.82, 2.24) is 5.32 Å². The number of halogens is 1. The second-order valence-electron chi connectivity index (χ2n) is 4.73. The van der Waals surface area contributed by atoms with Crippen LogP contribution < -0.4 is 11.1 Å². The van der Waals surface area contributed by atoms with Gasteiger partial charge in [0.25, 0.3) is 5.91 Å². The van der Waals surface area contributed by atoms with Gasteiger partial charge in [0.15, 0.2) is 0 Å². The van der Waals surface area contributed by atoms with Crippen LogP contribution in [0.2, 0.25) is 0 Å². The first kappa shape index (κ1) is 15.5. The molecule has 0 saturated carbocycles. The maximum Gasteiger partial charge on any atom is 0.326 e. The zero-order valence-electron chi connectivity index (χ0n) is 10.8. The Hall–Kier alpha value is -1.56. The molecule has 0 heterocycles. The summed E-state index contributed by atoms with van der Waals surface area (Å²) >= 11 is 3.23. The first-order valence-corrected chi connectivity index (χ1v) is 6.69. The number of anilines is 1. The van der Waals surface area contributed by atoms with Gasteiger partial charge in [-0.3, -0.25) is 4.79 Å². The number of aliphatic carboxylic acids is 1. The lowest BCUT2D eigenvalue weighted by Crippen LogP contribution is -2.41. The number of carbonyl (C=O) groups excluding carboxylic acids is 1. The van der Waals surface area contributed by atoms with Crippen molar-refractivity contribution in [3.8, 4) is 0 Å². The average Bonchev–Trinajstić information content (AvgIpc) is 2.31. The first-order chi connectivity index (χ1) is 8.81. The van der Waals surface area contributed by atoms with Crippen LogP contribution in [0.15, 0.2) is 22.7 Å². The number of hydrogen-bond donors (Lipinski definition) is 3. The summed E-state index contributed by atoms with van der Waals surface area (Å²) in [5, 5.41) is 11.6. The van der Waals surface area contributed by atoms with Gasteiger partial charge in [-0.25, -0.2) is 4.79 Å². The molecule has 1 atom stereocenters. The number of rotatable bonds is 5. The lowest BCUT2D eigenvalue weighted by atomic mass is 10.0. The summed E-state index contributed by atoms with van der Waals surface area (Å²) in [6.45, 7) is 3.80. The number of carboxylic acid groups (broad SMARTS) is 1. The van der Waals surface area contributed by atoms with Gasteiger partial charge in [-0.15, -0.1) is 0 Å². The molecule has 0 aliphatic heterocycles. The highest BCUT2D eigenvalue weighted by atomic mass is 79.9. The van der Waals surface area contributed by atoms with Crippen LogP contribution in [-0.4, -0.2) is 23.0 Å². The number of amides is 1. The largest absolute Gasteiger partial charge is 0.480 e. The Morgan fingerprint density at radius 2 is 2.05 bits per heavy atom. The summed E-state index contributed by atoms with van der Waals surface area (Å²) in [4.78, 5) is 23.0. The molecule has 1 amide bonds. The predicted octanol–water partition coefficient (Wildman–Crippen LogP) is 2.26. The number of benzene rings is 1. The van der Waals surface area contributed by atoms with E-state index in [0.29, 0.717) is 22.1 Å². The second-order valence-corrected chi connectivity index (χ2v) is 5.58. The maximum atomic E-state index is 12.0. The molecule has 0 radical (unpaired) electrons. The molecule has 5 nitrogen and oxygen atoms in total. The maximum absolute atomic E-state index is 12.0. The molecule has 0 aromatic heterocycles. The van der Waals surface area contributed by atoms with Gasteiger partial charge >= 0.3 is 5.97 Å². The quantitative estimate of drug-likeness (QED) is 0.723. The molecule has 0 aliphatic carbocycles. The SMILES string of the molecule is CC(C)C[C@@H](NC(=O)c1ccc(Br)c(N)c1)C(=O)O. The van der Waals surface area contributed by atoms with Crippen LogP contribution in [0.4, 0.5) is 5.69 Å². The minimum atomic E-state index is -1.04. The molecule has 0 bridgehead atoms. The van der Waals surface area contributed by atoms with Crippen molar-refractivity contribution in [2.24, 2.45) is 5.92 Å². The van der Waals surface area contributed by atoms with E-state index >= 15 is 0 Å². The molecule has 1 rings (SSSR count). The van der Waals surface area contributed by atoms with Crippen molar-refractivity contribution in [2.45, 2.75) is 26.3 Å². The third-order valence-electron chi connectivity index (χ3n) is 2.57. The van der Waals surface area contributed by atoms with Crippen LogP contribution in [0.25, 0.3) is 0 Å². The standard InChI is InChI=1S/C13H17BrN2O3/c1-7(2)5-11(13(18)19)16-12(17)8-3-4-9(14)10(15)6-8/h3-4,6-7,11H,5,15H2,1-2H3,(H,16,17)(H,18,19)/t11-/m1/s1. The van der Waals surface area contributed by atoms with Gasteiger partial charge in [0.2, 0.25) is 0 Å². The van der Waals surface area contributed by atoms with Crippen LogP contribution in [0.1, 0.15) is 30.6 Å². The number of nitrogens with two attached hydrogens (primary N) is 1. The molecule has 1 aromatic rings. The number of nitrogens with one attached hydrogen (secondary N) is 1. The van der Waals surface area contributed by atoms with E-state index in [1.165, 1.54) is 6.07 Å². The van der Waals surface area contributed by atoms with Gasteiger partial charge in [-0.2, -0.15) is 0 Å². The highest BCUT2D eigenvalue weighted by Gasteiger charge is 2.21. The molecular weight excluding hydrogens is 312 g/mol. The average molecular weight is 329 g/mol. The molecular formula is C13H17BrN2O3. The second kappa shape index (κ2) is 6.56. The van der Waals surface area contributed by atoms with E-state index in [2.05, 4.69) is 21.2 Å². The van der Waals surface area contributed by atoms with Crippen molar-refractivity contribution in [3.63, 3.8) is 0 Å². The Labute approximate surface area is 120 Å². The van der Waals surface area contributed by atoms with E-state index in [4.69, 9.17) is 10.8 Å². The fourth-order valence-corrected chi connectivity index (χ4v) is 1.87. The Bertz CT molecular complexity index is 489. The first-order valence-electron chi connectivity index (χ1n) is 5.90. The summed E-state index contributed by atoms with van der Waals surface area (Å²) in [7, 11) is 0. The van der Waals surface area contributed by atoms with Gasteiger partial charge in [0.05, 0.1) is 0 Å². The molecule has 0 fully saturated rings. The van der Waals surface area contributed by atoms with Gasteiger partial charge in [0.1, 0.15) is 6.04 Å². The molecule has 0 saturated heterocycles. The number of nitrogen functional groups attached to an aromatic ring is 1. The third-order valence-corrected chi connectivity index (χ3v) is 3.29. The van der Waals surface area contributed by atoms with Crippen LogP contribution in [0, 0.1) is 5.92 Å². The Morgan fingerprint density at radius 1 is 1.42 bits per heavy atom. The third kappa shape index (κ3) is 4.55. The molecule has 6 heteroatoms. The van der Waals surface area contributed by atoms with E-state index in [9.17, 15) is 9.59 Å². The minimum Gasteiger partial charge on any atom is -0.480 e. The topological polar surface area (TPSA) is 92.4 Å². The number of hydrogen-bond acceptors (Lipinski definition) is 3. The summed E-state index contributed by atoms with van der Waals surface area (Å²) in [6, 6.07) is 3.86. The Morgan fingerprint density at radius 3 is 2.53 bits per heavy atom. The summed E-state index contributed by atoms with van der Waals surface area (Å²) in [5.41, 5.74) is 6.46. The van der Waals surface area contributed by atoms with E-state index in [1.54, 1.807) is 12.1 Å². The zero-order chi connectivity index (χ0) is 14.6. The lowest BCUT2D eigenvalue weighted by Gasteiger charge is -2.16. The molecule has 4 N–H and O–H groups in total. The molecule has 0 spiro atoms. The van der Waals surface area contributed by atoms with Gasteiger partial charge in [0, 0.05) is 15.7 Å². The number of carboxylic acids is 1. The number of carbonyl (C=O) groups is 2. The van der Waals surface area contributed by atoms with Crippen LogP contribution >= 0.6 is 15.9 Å². The van der Waals surface area contributed by atoms with Gasteiger partial charge in [-0.05, 0) is 46.5 Å². The van der Waals surface area contributed by atoms with Gasteiger partial charge in [-0.1, -0.05) is 13.8 Å². The molecule has 0 aliphatic rings. The van der Waals surface area contributed by atoms with Crippen LogP contribution in [0.5, 0.6) is 0 Å². The van der Waals surface area contributed by atoms with Crippen LogP contribution in [-0.2, 0) is 4.79 Å². The van der Waals surface area contributed by atoms with Gasteiger partial charge < -0.3 is 16.2 Å². The van der Waals surface area contributed by atoms with Crippen molar-refractivity contribution >= 4 is 33.5 Å². The van der Waals surface area contributed by atoms with Crippen molar-refractivity contribution in [2.75, 3.05) is 5.73 Å². The Kier molecular flexibility index (Phi) is 5.35. The fourth-order valence-electron chi connectivity index (χ4n) is 1.62. The predicted molar refractivity (Wildman–Crippen MR) is 76.9 cm³/mol. The molecule has 19 heavy (non-hydrogen) atoms. The minimum absolute atomic E-state index is 0.177. The summed E-state index contributed by atoms with van der Waals surface area (Å²) in [6.07, 6.45) is 0.382. The normalized spacial score (nSPS) is 12.2. The monoisotopic (exact) mass is 328 g/mol. The van der Waals surface area contributed by atoms with Crippen molar-refractivity contribution < 1.29 is 14.7 Å². The van der Waals surface area contributed by atoms with Crippen molar-refractivity contribution in [3.05, 3.63) is 28.2 Å². The smallest absolute Gasteiger partial charge is 0.326 e. The van der Waals surface area contributed by atoms with E-state index in [0.717, 1.165) is 0 Å². The fraction of sp³-hybridized carbons (Fsp3) is 0.385. The highest BCUT2D eigenvalue weighted by Crippen LogP contribution is 2.20. The molecule has 104 valence electrons. The van der Waals surface area contributed by atoms with E-state index < -0.39 is 17.9 Å². The summed E-state index contributed by atoms with van der Waals surface area (Å²) in [5.74, 6) is -1.30. The van der Waals surface area contributed by atoms with Crippen molar-refractivity contribution in [1.29, 1.82) is 0 Å². The summed E-state index contributed by atoms with van der Waals surface area (Å²) < 4.78 is 0.695. The highest BCUT2D eigenvalue weighted by molar-refractivity contribution is 9.10. The van der Waals surface area contributed by atoms with Crippen LogP contribution in [0.3, 0.4) is 0 Å².